The van der Waals surface area contributed by atoms with Gasteiger partial charge >= 0.3 is 0 Å². The Hall–Kier alpha value is -3.22. The third kappa shape index (κ3) is 5.33. The number of carbonyl (C=O) groups is 2. The predicted molar refractivity (Wildman–Crippen MR) is 124 cm³/mol. The van der Waals surface area contributed by atoms with Crippen molar-refractivity contribution in [3.63, 3.8) is 0 Å². The lowest BCUT2D eigenvalue weighted by Crippen LogP contribution is -2.31. The molecule has 0 fully saturated rings. The first-order valence-electron chi connectivity index (χ1n) is 11.1. The Morgan fingerprint density at radius 3 is 2.44 bits per heavy atom. The van der Waals surface area contributed by atoms with Gasteiger partial charge in [-0.25, -0.2) is 9.37 Å². The van der Waals surface area contributed by atoms with Crippen molar-refractivity contribution in [1.82, 2.24) is 19.8 Å². The van der Waals surface area contributed by atoms with Crippen LogP contribution in [0.2, 0.25) is 0 Å². The molecule has 0 bridgehead atoms. The van der Waals surface area contributed by atoms with E-state index in [4.69, 9.17) is 0 Å². The Morgan fingerprint density at radius 2 is 1.81 bits per heavy atom. The number of nitrogens with zero attached hydrogens (tertiary/aromatic N) is 3. The maximum absolute atomic E-state index is 13.4. The number of aromatic nitrogens is 2. The lowest BCUT2D eigenvalue weighted by Gasteiger charge is -2.18. The summed E-state index contributed by atoms with van der Waals surface area (Å²) in [5.41, 5.74) is 4.85. The van der Waals surface area contributed by atoms with Gasteiger partial charge in [-0.05, 0) is 55.2 Å². The first kappa shape index (κ1) is 23.4. The molecule has 2 amide bonds. The Labute approximate surface area is 188 Å². The summed E-state index contributed by atoms with van der Waals surface area (Å²) in [6.45, 7) is 7.32. The minimum absolute atomic E-state index is 0.0750. The molecule has 7 heteroatoms. The van der Waals surface area contributed by atoms with Crippen molar-refractivity contribution in [2.45, 2.75) is 40.0 Å². The number of aryl methyl sites for hydroxylation is 1. The number of halogens is 1. The van der Waals surface area contributed by atoms with Gasteiger partial charge in [-0.2, -0.15) is 0 Å². The second kappa shape index (κ2) is 10.4. The number of amides is 2. The smallest absolute Gasteiger partial charge is 0.227 e. The average Bonchev–Trinajstić information content (AvgIpc) is 3.01. The van der Waals surface area contributed by atoms with E-state index in [-0.39, 0.29) is 17.6 Å². The van der Waals surface area contributed by atoms with E-state index in [9.17, 15) is 14.0 Å². The number of nitrogens with one attached hydrogen (secondary N) is 1. The van der Waals surface area contributed by atoms with Crippen molar-refractivity contribution in [3.8, 4) is 0 Å². The highest BCUT2D eigenvalue weighted by molar-refractivity contribution is 5.85. The molecular weight excluding hydrogens is 407 g/mol. The van der Waals surface area contributed by atoms with Gasteiger partial charge in [0.2, 0.25) is 11.8 Å². The molecule has 32 heavy (non-hydrogen) atoms. The van der Waals surface area contributed by atoms with Gasteiger partial charge in [0, 0.05) is 57.3 Å². The first-order valence-corrected chi connectivity index (χ1v) is 11.1. The molecule has 0 unspecified atom stereocenters. The van der Waals surface area contributed by atoms with E-state index in [0.717, 1.165) is 33.4 Å². The van der Waals surface area contributed by atoms with Crippen molar-refractivity contribution in [3.05, 3.63) is 64.7 Å². The summed E-state index contributed by atoms with van der Waals surface area (Å²) in [5.74, 6) is -0.256. The third-order valence-corrected chi connectivity index (χ3v) is 5.82. The van der Waals surface area contributed by atoms with Gasteiger partial charge in [-0.3, -0.25) is 9.59 Å². The second-order valence-electron chi connectivity index (χ2n) is 7.98. The van der Waals surface area contributed by atoms with Crippen LogP contribution in [-0.2, 0) is 35.9 Å². The van der Waals surface area contributed by atoms with Gasteiger partial charge in [0.15, 0.2) is 0 Å². The number of benzene rings is 1. The molecule has 0 aliphatic rings. The van der Waals surface area contributed by atoms with E-state index in [1.165, 1.54) is 19.1 Å². The van der Waals surface area contributed by atoms with Gasteiger partial charge in [0.05, 0.1) is 6.42 Å². The van der Waals surface area contributed by atoms with Gasteiger partial charge in [-0.1, -0.05) is 12.1 Å². The van der Waals surface area contributed by atoms with Gasteiger partial charge in [0.25, 0.3) is 0 Å². The van der Waals surface area contributed by atoms with Crippen LogP contribution >= 0.6 is 0 Å². The fourth-order valence-corrected chi connectivity index (χ4v) is 4.10. The normalized spacial score (nSPS) is 11.0. The quantitative estimate of drug-likeness (QED) is 0.557. The van der Waals surface area contributed by atoms with Crippen molar-refractivity contribution >= 4 is 22.8 Å². The molecule has 3 aromatic rings. The number of pyridine rings is 1. The predicted octanol–water partition coefficient (Wildman–Crippen LogP) is 3.39. The standard InChI is InChI=1S/C25H31FN4O2/c1-5-30(6-2)24(32)15-19-13-22-21(11-12-27-17(3)31)23(29(4)25(22)28-16-19)14-18-7-9-20(26)10-8-18/h7-10,13,16H,5-6,11-12,14-15H2,1-4H3,(H,27,31). The zero-order valence-corrected chi connectivity index (χ0v) is 19.2. The van der Waals surface area contributed by atoms with Crippen LogP contribution in [0.3, 0.4) is 0 Å². The summed E-state index contributed by atoms with van der Waals surface area (Å²) in [6, 6.07) is 8.54. The lowest BCUT2D eigenvalue weighted by atomic mass is 10.0. The number of hydrogen-bond acceptors (Lipinski definition) is 3. The Balaban J connectivity index is 2.00. The highest BCUT2D eigenvalue weighted by Gasteiger charge is 2.18. The summed E-state index contributed by atoms with van der Waals surface area (Å²) in [6.07, 6.45) is 3.33. The van der Waals surface area contributed by atoms with Crippen LogP contribution in [0.4, 0.5) is 4.39 Å². The molecule has 170 valence electrons. The van der Waals surface area contributed by atoms with Crippen LogP contribution in [0.5, 0.6) is 0 Å². The summed E-state index contributed by atoms with van der Waals surface area (Å²) in [5, 5.41) is 3.85. The number of likely N-dealkylation sites (N-methyl/N-ethyl adjacent to an activating group) is 1. The maximum Gasteiger partial charge on any atom is 0.227 e. The van der Waals surface area contributed by atoms with E-state index in [1.54, 1.807) is 18.3 Å². The molecule has 6 nitrogen and oxygen atoms in total. The highest BCUT2D eigenvalue weighted by atomic mass is 19.1. The van der Waals surface area contributed by atoms with Gasteiger partial charge in [0.1, 0.15) is 11.5 Å². The van der Waals surface area contributed by atoms with Crippen LogP contribution in [-0.4, -0.2) is 45.9 Å². The Morgan fingerprint density at radius 1 is 1.12 bits per heavy atom. The van der Waals surface area contributed by atoms with Crippen LogP contribution < -0.4 is 5.32 Å². The van der Waals surface area contributed by atoms with E-state index in [0.29, 0.717) is 38.9 Å². The van der Waals surface area contributed by atoms with Crippen molar-refractivity contribution in [1.29, 1.82) is 0 Å². The summed E-state index contributed by atoms with van der Waals surface area (Å²) in [7, 11) is 1.97. The largest absolute Gasteiger partial charge is 0.356 e. The van der Waals surface area contributed by atoms with E-state index >= 15 is 0 Å². The van der Waals surface area contributed by atoms with Gasteiger partial charge in [-0.15, -0.1) is 0 Å². The number of rotatable bonds is 9. The molecule has 0 aliphatic heterocycles. The van der Waals surface area contributed by atoms with Crippen LogP contribution in [0.15, 0.2) is 36.5 Å². The molecule has 0 saturated carbocycles. The van der Waals surface area contributed by atoms with Gasteiger partial charge < -0.3 is 14.8 Å². The van der Waals surface area contributed by atoms with Crippen LogP contribution in [0.1, 0.15) is 43.2 Å². The fraction of sp³-hybridized carbons (Fsp3) is 0.400. The molecule has 3 rings (SSSR count). The maximum atomic E-state index is 13.4. The zero-order chi connectivity index (χ0) is 23.3. The monoisotopic (exact) mass is 438 g/mol. The Bertz CT molecular complexity index is 1100. The molecule has 1 N–H and O–H groups in total. The topological polar surface area (TPSA) is 67.2 Å². The molecule has 1 aromatic carbocycles. The van der Waals surface area contributed by atoms with E-state index in [1.807, 2.05) is 31.9 Å². The Kier molecular flexibility index (Phi) is 7.62. The summed E-state index contributed by atoms with van der Waals surface area (Å²) in [4.78, 5) is 30.5. The minimum atomic E-state index is -0.263. The molecule has 2 aromatic heterocycles. The molecule has 0 spiro atoms. The highest BCUT2D eigenvalue weighted by Crippen LogP contribution is 2.28. The van der Waals surface area contributed by atoms with E-state index < -0.39 is 0 Å². The third-order valence-electron chi connectivity index (χ3n) is 5.82. The number of carbonyl (C=O) groups excluding carboxylic acids is 2. The summed E-state index contributed by atoms with van der Waals surface area (Å²) >= 11 is 0. The zero-order valence-electron chi connectivity index (χ0n) is 19.2. The van der Waals surface area contributed by atoms with Crippen LogP contribution in [0, 0.1) is 5.82 Å². The van der Waals surface area contributed by atoms with E-state index in [2.05, 4.69) is 14.9 Å². The second-order valence-corrected chi connectivity index (χ2v) is 7.98. The van der Waals surface area contributed by atoms with Crippen molar-refractivity contribution in [2.24, 2.45) is 7.05 Å². The minimum Gasteiger partial charge on any atom is -0.356 e. The molecule has 0 atom stereocenters. The van der Waals surface area contributed by atoms with Crippen molar-refractivity contribution in [2.75, 3.05) is 19.6 Å². The molecule has 2 heterocycles. The molecule has 0 radical (unpaired) electrons. The van der Waals surface area contributed by atoms with Crippen molar-refractivity contribution < 1.29 is 14.0 Å². The number of fused-ring (bicyclic) bond motifs is 1. The number of hydrogen-bond donors (Lipinski definition) is 1. The fourth-order valence-electron chi connectivity index (χ4n) is 4.10. The SMILES string of the molecule is CCN(CC)C(=O)Cc1cnc2c(c1)c(CCNC(C)=O)c(Cc1ccc(F)cc1)n2C. The molecule has 0 aliphatic carbocycles. The summed E-state index contributed by atoms with van der Waals surface area (Å²) < 4.78 is 15.4. The van der Waals surface area contributed by atoms with Crippen LogP contribution in [0.25, 0.3) is 11.0 Å². The first-order chi connectivity index (χ1) is 15.3. The lowest BCUT2D eigenvalue weighted by molar-refractivity contribution is -0.130. The molecule has 0 saturated heterocycles. The average molecular weight is 439 g/mol. The molecular formula is C25H31FN4O2.